The maximum Gasteiger partial charge on any atom is 0.234 e. The van der Waals surface area contributed by atoms with Gasteiger partial charge >= 0.3 is 0 Å². The van der Waals surface area contributed by atoms with E-state index in [0.29, 0.717) is 0 Å². The van der Waals surface area contributed by atoms with Crippen LogP contribution >= 0.6 is 34.8 Å². The van der Waals surface area contributed by atoms with Gasteiger partial charge in [0.05, 0.1) is 10.7 Å². The molecule has 2 heterocycles. The van der Waals surface area contributed by atoms with Crippen LogP contribution in [-0.4, -0.2) is 16.8 Å². The molecule has 0 aromatic carbocycles. The standard InChI is InChI=1S/C11H9Cl3N2O2/c1-5-2-7(17)16(8(18)3-5)10-6(12)4-15-11(14)9(10)13/h4-5H,2-3H2,1H3. The van der Waals surface area contributed by atoms with Crippen LogP contribution < -0.4 is 4.90 Å². The van der Waals surface area contributed by atoms with E-state index in [1.165, 1.54) is 6.20 Å². The first kappa shape index (κ1) is 13.6. The Bertz CT molecular complexity index is 515. The van der Waals surface area contributed by atoms with Gasteiger partial charge in [-0.05, 0) is 5.92 Å². The van der Waals surface area contributed by atoms with E-state index in [0.717, 1.165) is 4.90 Å². The van der Waals surface area contributed by atoms with Gasteiger partial charge in [0.25, 0.3) is 0 Å². The number of hydrogen-bond acceptors (Lipinski definition) is 3. The molecule has 96 valence electrons. The minimum atomic E-state index is -0.329. The average Bonchev–Trinajstić information content (AvgIpc) is 2.27. The maximum atomic E-state index is 12.0. The van der Waals surface area contributed by atoms with Crippen molar-refractivity contribution in [3.63, 3.8) is 0 Å². The van der Waals surface area contributed by atoms with Gasteiger partial charge in [-0.15, -0.1) is 0 Å². The van der Waals surface area contributed by atoms with E-state index in [2.05, 4.69) is 4.98 Å². The Labute approximate surface area is 119 Å². The lowest BCUT2D eigenvalue weighted by molar-refractivity contribution is -0.130. The Kier molecular flexibility index (Phi) is 3.80. The maximum absolute atomic E-state index is 12.0. The molecule has 0 radical (unpaired) electrons. The molecule has 1 aliphatic heterocycles. The van der Waals surface area contributed by atoms with Crippen LogP contribution in [-0.2, 0) is 9.59 Å². The molecule has 1 aromatic heterocycles. The van der Waals surface area contributed by atoms with Gasteiger partial charge in [-0.1, -0.05) is 41.7 Å². The van der Waals surface area contributed by atoms with Crippen molar-refractivity contribution < 1.29 is 9.59 Å². The number of imide groups is 1. The molecular weight excluding hydrogens is 298 g/mol. The van der Waals surface area contributed by atoms with Crippen molar-refractivity contribution in [2.24, 2.45) is 5.92 Å². The average molecular weight is 308 g/mol. The third kappa shape index (κ3) is 2.32. The highest BCUT2D eigenvalue weighted by Gasteiger charge is 2.34. The third-order valence-corrected chi connectivity index (χ3v) is 3.69. The fourth-order valence-corrected chi connectivity index (χ4v) is 2.53. The number of aromatic nitrogens is 1. The molecule has 0 bridgehead atoms. The number of halogens is 3. The molecule has 2 rings (SSSR count). The normalized spacial score (nSPS) is 17.4. The summed E-state index contributed by atoms with van der Waals surface area (Å²) >= 11 is 17.7. The zero-order chi connectivity index (χ0) is 13.4. The van der Waals surface area contributed by atoms with Crippen molar-refractivity contribution in [3.8, 4) is 0 Å². The van der Waals surface area contributed by atoms with E-state index in [1.54, 1.807) is 0 Å². The van der Waals surface area contributed by atoms with Gasteiger partial charge in [-0.2, -0.15) is 0 Å². The van der Waals surface area contributed by atoms with Gasteiger partial charge in [0.15, 0.2) is 0 Å². The minimum Gasteiger partial charge on any atom is -0.274 e. The lowest BCUT2D eigenvalue weighted by Gasteiger charge is -2.29. The van der Waals surface area contributed by atoms with E-state index < -0.39 is 0 Å². The Morgan fingerprint density at radius 1 is 1.22 bits per heavy atom. The van der Waals surface area contributed by atoms with Crippen LogP contribution in [0.3, 0.4) is 0 Å². The molecule has 1 aliphatic rings. The van der Waals surface area contributed by atoms with Crippen LogP contribution in [0.15, 0.2) is 6.20 Å². The predicted molar refractivity (Wildman–Crippen MR) is 70.2 cm³/mol. The molecule has 1 fully saturated rings. The smallest absolute Gasteiger partial charge is 0.234 e. The number of nitrogens with zero attached hydrogens (tertiary/aromatic N) is 2. The number of anilines is 1. The molecule has 0 N–H and O–H groups in total. The second-order valence-electron chi connectivity index (χ2n) is 4.20. The second kappa shape index (κ2) is 5.03. The highest BCUT2D eigenvalue weighted by atomic mass is 35.5. The number of hydrogen-bond donors (Lipinski definition) is 0. The number of rotatable bonds is 1. The zero-order valence-corrected chi connectivity index (χ0v) is 11.7. The molecule has 0 atom stereocenters. The summed E-state index contributed by atoms with van der Waals surface area (Å²) in [4.78, 5) is 28.7. The molecule has 4 nitrogen and oxygen atoms in total. The first-order chi connectivity index (χ1) is 8.41. The van der Waals surface area contributed by atoms with E-state index in [1.807, 2.05) is 6.92 Å². The highest BCUT2D eigenvalue weighted by molar-refractivity contribution is 6.46. The van der Waals surface area contributed by atoms with Crippen LogP contribution in [0.5, 0.6) is 0 Å². The van der Waals surface area contributed by atoms with Gasteiger partial charge < -0.3 is 0 Å². The lowest BCUT2D eigenvalue weighted by atomic mass is 9.97. The van der Waals surface area contributed by atoms with E-state index >= 15 is 0 Å². The molecule has 18 heavy (non-hydrogen) atoms. The molecule has 0 unspecified atom stereocenters. The molecule has 1 saturated heterocycles. The lowest BCUT2D eigenvalue weighted by Crippen LogP contribution is -2.43. The molecular formula is C11H9Cl3N2O2. The first-order valence-corrected chi connectivity index (χ1v) is 6.40. The summed E-state index contributed by atoms with van der Waals surface area (Å²) in [6, 6.07) is 0. The van der Waals surface area contributed by atoms with Gasteiger partial charge in [0, 0.05) is 19.0 Å². The topological polar surface area (TPSA) is 50.3 Å². The summed E-state index contributed by atoms with van der Waals surface area (Å²) in [6.45, 7) is 1.84. The monoisotopic (exact) mass is 306 g/mol. The predicted octanol–water partition coefficient (Wildman–Crippen LogP) is 3.33. The summed E-state index contributed by atoms with van der Waals surface area (Å²) in [6.07, 6.45) is 1.82. The van der Waals surface area contributed by atoms with Crippen LogP contribution in [0.4, 0.5) is 5.69 Å². The summed E-state index contributed by atoms with van der Waals surface area (Å²) in [5.41, 5.74) is 0.125. The Morgan fingerprint density at radius 2 is 1.78 bits per heavy atom. The van der Waals surface area contributed by atoms with Gasteiger partial charge in [-0.3, -0.25) is 9.59 Å². The molecule has 0 spiro atoms. The first-order valence-electron chi connectivity index (χ1n) is 5.27. The molecule has 0 aliphatic carbocycles. The van der Waals surface area contributed by atoms with E-state index in [4.69, 9.17) is 34.8 Å². The van der Waals surface area contributed by atoms with Crippen molar-refractivity contribution in [1.82, 2.24) is 4.98 Å². The number of pyridine rings is 1. The van der Waals surface area contributed by atoms with E-state index in [9.17, 15) is 9.59 Å². The Morgan fingerprint density at radius 3 is 2.33 bits per heavy atom. The zero-order valence-electron chi connectivity index (χ0n) is 9.41. The van der Waals surface area contributed by atoms with Crippen LogP contribution in [0.1, 0.15) is 19.8 Å². The molecule has 2 amide bonds. The summed E-state index contributed by atoms with van der Waals surface area (Å²) in [7, 11) is 0. The third-order valence-electron chi connectivity index (χ3n) is 2.68. The fourth-order valence-electron chi connectivity index (χ4n) is 1.88. The van der Waals surface area contributed by atoms with Crippen LogP contribution in [0.2, 0.25) is 15.2 Å². The summed E-state index contributed by atoms with van der Waals surface area (Å²) in [5, 5.41) is 0.149. The second-order valence-corrected chi connectivity index (χ2v) is 5.34. The van der Waals surface area contributed by atoms with Crippen molar-refractivity contribution in [3.05, 3.63) is 21.4 Å². The van der Waals surface area contributed by atoms with Crippen LogP contribution in [0.25, 0.3) is 0 Å². The summed E-state index contributed by atoms with van der Waals surface area (Å²) < 4.78 is 0. The highest BCUT2D eigenvalue weighted by Crippen LogP contribution is 2.39. The fraction of sp³-hybridized carbons (Fsp3) is 0.364. The largest absolute Gasteiger partial charge is 0.274 e. The quantitative estimate of drug-likeness (QED) is 0.590. The van der Waals surface area contributed by atoms with Crippen molar-refractivity contribution in [1.29, 1.82) is 0 Å². The minimum absolute atomic E-state index is 0.00953. The summed E-state index contributed by atoms with van der Waals surface area (Å²) in [5.74, 6) is -0.634. The number of piperidine rings is 1. The Balaban J connectivity index is 2.51. The Hall–Kier alpha value is -0.840. The van der Waals surface area contributed by atoms with Crippen molar-refractivity contribution in [2.45, 2.75) is 19.8 Å². The van der Waals surface area contributed by atoms with Crippen molar-refractivity contribution in [2.75, 3.05) is 4.90 Å². The van der Waals surface area contributed by atoms with E-state index in [-0.39, 0.29) is 51.5 Å². The van der Waals surface area contributed by atoms with Crippen LogP contribution in [0, 0.1) is 5.92 Å². The molecule has 7 heteroatoms. The van der Waals surface area contributed by atoms with Gasteiger partial charge in [0.1, 0.15) is 10.2 Å². The number of amides is 2. The number of carbonyl (C=O) groups is 2. The SMILES string of the molecule is CC1CC(=O)N(c2c(Cl)cnc(Cl)c2Cl)C(=O)C1. The van der Waals surface area contributed by atoms with Gasteiger partial charge in [-0.25, -0.2) is 9.88 Å². The van der Waals surface area contributed by atoms with Crippen molar-refractivity contribution >= 4 is 52.3 Å². The molecule has 1 aromatic rings. The number of carbonyl (C=O) groups excluding carboxylic acids is 2. The molecule has 0 saturated carbocycles. The van der Waals surface area contributed by atoms with Gasteiger partial charge in [0.2, 0.25) is 11.8 Å².